The first kappa shape index (κ1) is 23.6. The third-order valence-corrected chi connectivity index (χ3v) is 5.80. The third kappa shape index (κ3) is 5.69. The van der Waals surface area contributed by atoms with E-state index in [2.05, 4.69) is 25.1 Å². The molecule has 0 bridgehead atoms. The number of hydrogen-bond acceptors (Lipinski definition) is 6. The van der Waals surface area contributed by atoms with Crippen LogP contribution >= 0.6 is 23.4 Å². The van der Waals surface area contributed by atoms with Gasteiger partial charge in [-0.3, -0.25) is 5.10 Å². The minimum absolute atomic E-state index is 0.0512. The summed E-state index contributed by atoms with van der Waals surface area (Å²) in [5.41, 5.74) is -3.27. The Hall–Kier alpha value is -2.54. The smallest absolute Gasteiger partial charge is 0.341 e. The van der Waals surface area contributed by atoms with Gasteiger partial charge in [-0.05, 0) is 49.2 Å². The van der Waals surface area contributed by atoms with Gasteiger partial charge in [0.1, 0.15) is 10.2 Å². The summed E-state index contributed by atoms with van der Waals surface area (Å²) >= 11 is 7.06. The number of anilines is 1. The van der Waals surface area contributed by atoms with Crippen LogP contribution in [0.15, 0.2) is 34.4 Å². The predicted molar refractivity (Wildman–Crippen MR) is 109 cm³/mol. The Balaban J connectivity index is 1.62. The van der Waals surface area contributed by atoms with E-state index in [0.717, 1.165) is 44.1 Å². The predicted octanol–water partition coefficient (Wildman–Crippen LogP) is 6.09. The van der Waals surface area contributed by atoms with Crippen molar-refractivity contribution in [1.29, 1.82) is 0 Å². The summed E-state index contributed by atoms with van der Waals surface area (Å²) in [5, 5.41) is 6.91. The highest BCUT2D eigenvalue weighted by atomic mass is 35.5. The van der Waals surface area contributed by atoms with E-state index in [1.54, 1.807) is 0 Å². The van der Waals surface area contributed by atoms with Crippen molar-refractivity contribution in [2.45, 2.75) is 41.8 Å². The Kier molecular flexibility index (Phi) is 6.45. The standard InChI is InChI=1S/C19H15ClF6N6S/c20-13-9-14(28-16(27-13)32-4-2-1-3-5-32)33-17-29-15(30-31-17)10-6-11(18(21,22)23)8-12(7-10)19(24,25)26/h6-9H,1-5H2,(H,29,30,31). The van der Waals surface area contributed by atoms with Gasteiger partial charge in [0, 0.05) is 24.7 Å². The van der Waals surface area contributed by atoms with Gasteiger partial charge in [0.05, 0.1) is 11.1 Å². The van der Waals surface area contributed by atoms with E-state index in [0.29, 0.717) is 23.1 Å². The molecule has 2 aromatic heterocycles. The SMILES string of the molecule is FC(F)(F)c1cc(-c2nc(Sc3cc(Cl)nc(N4CCCCC4)n3)n[nH]2)cc(C(F)(F)F)c1. The molecule has 1 aliphatic heterocycles. The summed E-state index contributed by atoms with van der Waals surface area (Å²) in [4.78, 5) is 14.7. The number of piperidine rings is 1. The molecule has 0 spiro atoms. The van der Waals surface area contributed by atoms with Gasteiger partial charge >= 0.3 is 12.4 Å². The van der Waals surface area contributed by atoms with E-state index >= 15 is 0 Å². The molecule has 0 aliphatic carbocycles. The molecule has 0 unspecified atom stereocenters. The number of hydrogen-bond donors (Lipinski definition) is 1. The fourth-order valence-corrected chi connectivity index (χ4v) is 4.24. The summed E-state index contributed by atoms with van der Waals surface area (Å²) in [5.74, 6) is 0.193. The van der Waals surface area contributed by atoms with Crippen molar-refractivity contribution in [1.82, 2.24) is 25.1 Å². The van der Waals surface area contributed by atoms with E-state index in [1.165, 1.54) is 6.07 Å². The molecule has 3 aromatic rings. The lowest BCUT2D eigenvalue weighted by Gasteiger charge is -2.26. The van der Waals surface area contributed by atoms with Gasteiger partial charge in [-0.25, -0.2) is 15.0 Å². The van der Waals surface area contributed by atoms with Crippen LogP contribution in [0.25, 0.3) is 11.4 Å². The number of aromatic amines is 1. The number of nitrogens with zero attached hydrogens (tertiary/aromatic N) is 5. The van der Waals surface area contributed by atoms with Gasteiger partial charge in [-0.15, -0.1) is 5.10 Å². The Labute approximate surface area is 192 Å². The topological polar surface area (TPSA) is 70.6 Å². The Bertz CT molecular complexity index is 1110. The van der Waals surface area contributed by atoms with Crippen LogP contribution in [-0.2, 0) is 12.4 Å². The van der Waals surface area contributed by atoms with Crippen molar-refractivity contribution < 1.29 is 26.3 Å². The van der Waals surface area contributed by atoms with Gasteiger partial charge in [0.25, 0.3) is 0 Å². The van der Waals surface area contributed by atoms with Crippen LogP contribution in [-0.4, -0.2) is 38.2 Å². The summed E-state index contributed by atoms with van der Waals surface area (Å²) in [7, 11) is 0. The van der Waals surface area contributed by atoms with Crippen molar-refractivity contribution in [3.63, 3.8) is 0 Å². The molecule has 1 fully saturated rings. The van der Waals surface area contributed by atoms with Gasteiger partial charge in [0.2, 0.25) is 11.1 Å². The number of H-pyrrole nitrogens is 1. The molecular formula is C19H15ClF6N6S. The second kappa shape index (κ2) is 9.01. The Morgan fingerprint density at radius 3 is 2.09 bits per heavy atom. The van der Waals surface area contributed by atoms with Crippen LogP contribution in [0, 0.1) is 0 Å². The molecule has 0 saturated carbocycles. The molecule has 14 heteroatoms. The van der Waals surface area contributed by atoms with Crippen LogP contribution in [0.3, 0.4) is 0 Å². The van der Waals surface area contributed by atoms with Crippen LogP contribution in [0.5, 0.6) is 0 Å². The normalized spacial score (nSPS) is 15.2. The number of aromatic nitrogens is 5. The van der Waals surface area contributed by atoms with Crippen LogP contribution < -0.4 is 4.90 Å². The highest BCUT2D eigenvalue weighted by Crippen LogP contribution is 2.38. The van der Waals surface area contributed by atoms with Gasteiger partial charge < -0.3 is 4.90 Å². The first-order valence-corrected chi connectivity index (χ1v) is 10.9. The largest absolute Gasteiger partial charge is 0.416 e. The maximum absolute atomic E-state index is 13.1. The van der Waals surface area contributed by atoms with Crippen LogP contribution in [0.2, 0.25) is 5.15 Å². The highest BCUT2D eigenvalue weighted by molar-refractivity contribution is 7.99. The Morgan fingerprint density at radius 1 is 0.848 bits per heavy atom. The van der Waals surface area contributed by atoms with Gasteiger partial charge in [-0.1, -0.05) is 11.6 Å². The molecule has 4 rings (SSSR count). The van der Waals surface area contributed by atoms with E-state index in [-0.39, 0.29) is 22.2 Å². The molecule has 1 aromatic carbocycles. The lowest BCUT2D eigenvalue weighted by atomic mass is 10.0. The second-order valence-corrected chi connectivity index (χ2v) is 8.61. The van der Waals surface area contributed by atoms with Crippen molar-refractivity contribution >= 4 is 29.3 Å². The van der Waals surface area contributed by atoms with Crippen molar-refractivity contribution in [2.75, 3.05) is 18.0 Å². The molecule has 1 saturated heterocycles. The maximum atomic E-state index is 13.1. The zero-order valence-electron chi connectivity index (χ0n) is 16.6. The molecular weight excluding hydrogens is 494 g/mol. The monoisotopic (exact) mass is 508 g/mol. The quantitative estimate of drug-likeness (QED) is 0.339. The molecule has 0 radical (unpaired) electrons. The van der Waals surface area contributed by atoms with Crippen LogP contribution in [0.4, 0.5) is 32.3 Å². The number of benzene rings is 1. The molecule has 1 aliphatic rings. The lowest BCUT2D eigenvalue weighted by molar-refractivity contribution is -0.143. The number of halogens is 7. The average Bonchev–Trinajstić information content (AvgIpc) is 3.21. The minimum atomic E-state index is -4.96. The van der Waals surface area contributed by atoms with Gasteiger partial charge in [-0.2, -0.15) is 26.3 Å². The molecule has 6 nitrogen and oxygen atoms in total. The molecule has 1 N–H and O–H groups in total. The number of rotatable bonds is 4. The summed E-state index contributed by atoms with van der Waals surface area (Å²) in [6, 6.07) is 2.70. The first-order valence-electron chi connectivity index (χ1n) is 9.69. The molecule has 176 valence electrons. The van der Waals surface area contributed by atoms with E-state index < -0.39 is 29.0 Å². The number of nitrogens with one attached hydrogen (secondary N) is 1. The fourth-order valence-electron chi connectivity index (χ4n) is 3.28. The Morgan fingerprint density at radius 2 is 1.48 bits per heavy atom. The molecule has 33 heavy (non-hydrogen) atoms. The summed E-state index contributed by atoms with van der Waals surface area (Å²) in [6.45, 7) is 1.57. The first-order chi connectivity index (χ1) is 15.5. The zero-order chi connectivity index (χ0) is 23.8. The molecule has 0 amide bonds. The molecule has 3 heterocycles. The minimum Gasteiger partial charge on any atom is -0.341 e. The molecule has 0 atom stereocenters. The van der Waals surface area contributed by atoms with E-state index in [4.69, 9.17) is 11.6 Å². The highest BCUT2D eigenvalue weighted by Gasteiger charge is 2.37. The van der Waals surface area contributed by atoms with E-state index in [9.17, 15) is 26.3 Å². The average molecular weight is 509 g/mol. The zero-order valence-corrected chi connectivity index (χ0v) is 18.2. The summed E-state index contributed by atoms with van der Waals surface area (Å²) in [6.07, 6.45) is -6.81. The summed E-state index contributed by atoms with van der Waals surface area (Å²) < 4.78 is 78.8. The van der Waals surface area contributed by atoms with Crippen molar-refractivity contribution in [3.8, 4) is 11.4 Å². The lowest BCUT2D eigenvalue weighted by Crippen LogP contribution is -2.31. The fraction of sp³-hybridized carbons (Fsp3) is 0.368. The van der Waals surface area contributed by atoms with Gasteiger partial charge in [0.15, 0.2) is 5.82 Å². The number of alkyl halides is 6. The second-order valence-electron chi connectivity index (χ2n) is 7.24. The maximum Gasteiger partial charge on any atom is 0.416 e. The van der Waals surface area contributed by atoms with E-state index in [1.807, 2.05) is 4.90 Å². The third-order valence-electron chi connectivity index (χ3n) is 4.82. The van der Waals surface area contributed by atoms with Crippen molar-refractivity contribution in [2.24, 2.45) is 0 Å². The van der Waals surface area contributed by atoms with Crippen molar-refractivity contribution in [3.05, 3.63) is 40.5 Å². The van der Waals surface area contributed by atoms with Crippen LogP contribution in [0.1, 0.15) is 30.4 Å².